The number of halogens is 2. The Balaban J connectivity index is 2.11. The van der Waals surface area contributed by atoms with Gasteiger partial charge in [0.1, 0.15) is 17.4 Å². The quantitative estimate of drug-likeness (QED) is 0.847. The van der Waals surface area contributed by atoms with E-state index in [1.807, 2.05) is 6.92 Å². The molecule has 0 unspecified atom stereocenters. The van der Waals surface area contributed by atoms with E-state index in [1.54, 1.807) is 12.1 Å². The summed E-state index contributed by atoms with van der Waals surface area (Å²) in [7, 11) is 0. The lowest BCUT2D eigenvalue weighted by Crippen LogP contribution is -2.15. The fourth-order valence-corrected chi connectivity index (χ4v) is 1.78. The molecule has 0 aliphatic carbocycles. The summed E-state index contributed by atoms with van der Waals surface area (Å²) in [6.45, 7) is 1.81. The van der Waals surface area contributed by atoms with E-state index in [1.165, 1.54) is 12.1 Å². The largest absolute Gasteiger partial charge is 0.506 e. The molecule has 0 fully saturated rings. The molecular weight excluding hydrogens is 264 g/mol. The molecule has 0 aliphatic rings. The number of carbonyl (C=O) groups is 1. The highest BCUT2D eigenvalue weighted by Gasteiger charge is 2.11. The van der Waals surface area contributed by atoms with Crippen LogP contribution in [0.2, 0.25) is 0 Å². The van der Waals surface area contributed by atoms with Crippen LogP contribution < -0.4 is 5.32 Å². The minimum absolute atomic E-state index is 0.0662. The number of phenolic OH excluding ortho intramolecular Hbond substituents is 1. The summed E-state index contributed by atoms with van der Waals surface area (Å²) in [6.07, 6.45) is -0.237. The van der Waals surface area contributed by atoms with Gasteiger partial charge in [-0.15, -0.1) is 0 Å². The van der Waals surface area contributed by atoms with Crippen molar-refractivity contribution < 1.29 is 18.7 Å². The molecule has 0 spiro atoms. The molecule has 0 saturated carbocycles. The Hall–Kier alpha value is -2.43. The Labute approximate surface area is 114 Å². The van der Waals surface area contributed by atoms with Crippen molar-refractivity contribution in [3.05, 3.63) is 59.2 Å². The maximum atomic E-state index is 13.4. The average molecular weight is 277 g/mol. The first-order valence-electron chi connectivity index (χ1n) is 5.99. The molecular formula is C15H13F2NO2. The molecule has 0 saturated heterocycles. The maximum Gasteiger partial charge on any atom is 0.229 e. The third-order valence-corrected chi connectivity index (χ3v) is 2.79. The van der Waals surface area contributed by atoms with Gasteiger partial charge in [-0.3, -0.25) is 4.79 Å². The summed E-state index contributed by atoms with van der Waals surface area (Å²) in [6, 6.07) is 7.81. The second-order valence-corrected chi connectivity index (χ2v) is 4.48. The number of carbonyl (C=O) groups excluding carboxylic acids is 1. The van der Waals surface area contributed by atoms with Crippen LogP contribution in [0.15, 0.2) is 36.4 Å². The molecule has 0 atom stereocenters. The Morgan fingerprint density at radius 2 is 1.95 bits per heavy atom. The normalized spacial score (nSPS) is 10.3. The molecule has 0 bridgehead atoms. The molecule has 5 heteroatoms. The standard InChI is InChI=1S/C15H13F2NO2/c1-9-2-5-14(19)13(6-9)18-15(20)7-10-3-4-11(16)8-12(10)17/h2-6,8,19H,7H2,1H3,(H,18,20). The second-order valence-electron chi connectivity index (χ2n) is 4.48. The van der Waals surface area contributed by atoms with E-state index in [-0.39, 0.29) is 23.4 Å². The Morgan fingerprint density at radius 3 is 2.65 bits per heavy atom. The number of phenols is 1. The van der Waals surface area contributed by atoms with E-state index in [4.69, 9.17) is 0 Å². The van der Waals surface area contributed by atoms with Crippen molar-refractivity contribution in [3.8, 4) is 5.75 Å². The Bertz CT molecular complexity index is 656. The number of nitrogens with one attached hydrogen (secondary N) is 1. The van der Waals surface area contributed by atoms with Crippen LogP contribution >= 0.6 is 0 Å². The SMILES string of the molecule is Cc1ccc(O)c(NC(=O)Cc2ccc(F)cc2F)c1. The summed E-state index contributed by atoms with van der Waals surface area (Å²) in [5.41, 5.74) is 1.22. The number of rotatable bonds is 3. The van der Waals surface area contributed by atoms with Gasteiger partial charge in [-0.25, -0.2) is 8.78 Å². The van der Waals surface area contributed by atoms with E-state index in [0.717, 1.165) is 17.7 Å². The first kappa shape index (κ1) is 14.0. The van der Waals surface area contributed by atoms with Crippen molar-refractivity contribution >= 4 is 11.6 Å². The monoisotopic (exact) mass is 277 g/mol. The highest BCUT2D eigenvalue weighted by molar-refractivity contribution is 5.93. The van der Waals surface area contributed by atoms with E-state index in [2.05, 4.69) is 5.32 Å². The molecule has 0 radical (unpaired) electrons. The molecule has 3 nitrogen and oxygen atoms in total. The van der Waals surface area contributed by atoms with Crippen LogP contribution in [0, 0.1) is 18.6 Å². The molecule has 2 rings (SSSR count). The topological polar surface area (TPSA) is 49.3 Å². The first-order valence-corrected chi connectivity index (χ1v) is 5.99. The minimum Gasteiger partial charge on any atom is -0.506 e. The van der Waals surface area contributed by atoms with Crippen molar-refractivity contribution in [2.45, 2.75) is 13.3 Å². The molecule has 0 aliphatic heterocycles. The first-order chi connectivity index (χ1) is 9.45. The van der Waals surface area contributed by atoms with Crippen molar-refractivity contribution in [2.75, 3.05) is 5.32 Å². The van der Waals surface area contributed by atoms with Crippen LogP contribution in [0.3, 0.4) is 0 Å². The highest BCUT2D eigenvalue weighted by Crippen LogP contribution is 2.24. The van der Waals surface area contributed by atoms with E-state index >= 15 is 0 Å². The van der Waals surface area contributed by atoms with Crippen LogP contribution in [0.4, 0.5) is 14.5 Å². The lowest BCUT2D eigenvalue weighted by atomic mass is 10.1. The lowest BCUT2D eigenvalue weighted by Gasteiger charge is -2.08. The molecule has 20 heavy (non-hydrogen) atoms. The fourth-order valence-electron chi connectivity index (χ4n) is 1.78. The predicted octanol–water partition coefficient (Wildman–Crippen LogP) is 3.16. The van der Waals surface area contributed by atoms with Crippen molar-refractivity contribution in [1.29, 1.82) is 0 Å². The number of benzene rings is 2. The average Bonchev–Trinajstić information content (AvgIpc) is 2.37. The highest BCUT2D eigenvalue weighted by atomic mass is 19.1. The zero-order valence-corrected chi connectivity index (χ0v) is 10.8. The Kier molecular flexibility index (Phi) is 3.98. The van der Waals surface area contributed by atoms with E-state index in [9.17, 15) is 18.7 Å². The number of aromatic hydroxyl groups is 1. The summed E-state index contributed by atoms with van der Waals surface area (Å²) in [5, 5.41) is 12.1. The van der Waals surface area contributed by atoms with E-state index < -0.39 is 17.5 Å². The van der Waals surface area contributed by atoms with Crippen LogP contribution in [-0.4, -0.2) is 11.0 Å². The number of hydrogen-bond donors (Lipinski definition) is 2. The van der Waals surface area contributed by atoms with Gasteiger partial charge in [0, 0.05) is 6.07 Å². The smallest absolute Gasteiger partial charge is 0.229 e. The molecule has 2 N–H and O–H groups in total. The van der Waals surface area contributed by atoms with Crippen molar-refractivity contribution in [3.63, 3.8) is 0 Å². The van der Waals surface area contributed by atoms with Crippen LogP contribution in [-0.2, 0) is 11.2 Å². The summed E-state index contributed by atoms with van der Waals surface area (Å²) >= 11 is 0. The third kappa shape index (κ3) is 3.32. The molecule has 104 valence electrons. The van der Waals surface area contributed by atoms with Gasteiger partial charge in [0.15, 0.2) is 0 Å². The maximum absolute atomic E-state index is 13.4. The van der Waals surface area contributed by atoms with Crippen molar-refractivity contribution in [1.82, 2.24) is 0 Å². The number of amides is 1. The molecule has 0 aromatic heterocycles. The summed E-state index contributed by atoms with van der Waals surface area (Å²) in [4.78, 5) is 11.8. The molecule has 2 aromatic carbocycles. The fraction of sp³-hybridized carbons (Fsp3) is 0.133. The zero-order chi connectivity index (χ0) is 14.7. The van der Waals surface area contributed by atoms with Gasteiger partial charge in [-0.2, -0.15) is 0 Å². The van der Waals surface area contributed by atoms with Crippen LogP contribution in [0.25, 0.3) is 0 Å². The molecule has 0 heterocycles. The van der Waals surface area contributed by atoms with E-state index in [0.29, 0.717) is 0 Å². The zero-order valence-electron chi connectivity index (χ0n) is 10.8. The number of aryl methyl sites for hydroxylation is 1. The molecule has 2 aromatic rings. The van der Waals surface area contributed by atoms with Crippen LogP contribution in [0.1, 0.15) is 11.1 Å². The van der Waals surface area contributed by atoms with Gasteiger partial charge in [-0.05, 0) is 36.2 Å². The van der Waals surface area contributed by atoms with Gasteiger partial charge in [0.2, 0.25) is 5.91 Å². The number of anilines is 1. The predicted molar refractivity (Wildman–Crippen MR) is 71.5 cm³/mol. The summed E-state index contributed by atoms with van der Waals surface area (Å²) in [5.74, 6) is -2.02. The second kappa shape index (κ2) is 5.69. The van der Waals surface area contributed by atoms with Gasteiger partial charge in [-0.1, -0.05) is 12.1 Å². The summed E-state index contributed by atoms with van der Waals surface area (Å²) < 4.78 is 26.2. The van der Waals surface area contributed by atoms with Gasteiger partial charge >= 0.3 is 0 Å². The van der Waals surface area contributed by atoms with Gasteiger partial charge in [0.05, 0.1) is 12.1 Å². The molecule has 1 amide bonds. The van der Waals surface area contributed by atoms with Crippen LogP contribution in [0.5, 0.6) is 5.75 Å². The Morgan fingerprint density at radius 1 is 1.20 bits per heavy atom. The van der Waals surface area contributed by atoms with Gasteiger partial charge < -0.3 is 10.4 Å². The van der Waals surface area contributed by atoms with Crippen molar-refractivity contribution in [2.24, 2.45) is 0 Å². The number of hydrogen-bond acceptors (Lipinski definition) is 2. The minimum atomic E-state index is -0.770. The lowest BCUT2D eigenvalue weighted by molar-refractivity contribution is -0.115. The third-order valence-electron chi connectivity index (χ3n) is 2.79. The van der Waals surface area contributed by atoms with Gasteiger partial charge in [0.25, 0.3) is 0 Å².